The molecule has 1 atom stereocenters. The van der Waals surface area contributed by atoms with E-state index in [0.717, 1.165) is 30.0 Å². The third kappa shape index (κ3) is 3.12. The monoisotopic (exact) mass is 274 g/mol. The zero-order valence-corrected chi connectivity index (χ0v) is 11.0. The zero-order chi connectivity index (χ0) is 11.5. The normalized spacial score (nSPS) is 18.9. The molecule has 1 aromatic rings. The first kappa shape index (κ1) is 14.3. The van der Waals surface area contributed by atoms with E-state index >= 15 is 0 Å². The topological polar surface area (TPSA) is 46.3 Å². The average Bonchev–Trinajstić information content (AvgIpc) is 2.78. The Balaban J connectivity index is 0.00000144. The van der Waals surface area contributed by atoms with E-state index < -0.39 is 0 Å². The summed E-state index contributed by atoms with van der Waals surface area (Å²) in [7, 11) is 0. The molecule has 1 saturated heterocycles. The maximum atomic E-state index is 11.6. The van der Waals surface area contributed by atoms with Crippen LogP contribution in [0.3, 0.4) is 0 Å². The fourth-order valence-corrected chi connectivity index (χ4v) is 2.34. The van der Waals surface area contributed by atoms with Crippen molar-refractivity contribution in [1.82, 2.24) is 4.90 Å². The number of nitrogens with two attached hydrogens (primary N) is 1. The molecule has 2 N–H and O–H groups in total. The molecule has 0 saturated carbocycles. The maximum absolute atomic E-state index is 11.6. The molecular formula is C12H16Cl2N2O. The van der Waals surface area contributed by atoms with Crippen LogP contribution in [-0.2, 0) is 4.79 Å². The van der Waals surface area contributed by atoms with Gasteiger partial charge in [0, 0.05) is 11.6 Å². The number of hydrogen-bond donors (Lipinski definition) is 1. The van der Waals surface area contributed by atoms with E-state index in [2.05, 4.69) is 0 Å². The Bertz CT molecular complexity index is 381. The Labute approximate surface area is 112 Å². The number of carbonyl (C=O) groups is 1. The number of rotatable bonds is 2. The van der Waals surface area contributed by atoms with Gasteiger partial charge in [0.2, 0.25) is 5.91 Å². The minimum atomic E-state index is 0. The summed E-state index contributed by atoms with van der Waals surface area (Å²) in [6, 6.07) is 7.86. The molecule has 0 spiro atoms. The van der Waals surface area contributed by atoms with Gasteiger partial charge in [-0.15, -0.1) is 12.4 Å². The van der Waals surface area contributed by atoms with Crippen molar-refractivity contribution in [2.75, 3.05) is 13.1 Å². The number of likely N-dealkylation sites (tertiary alicyclic amines) is 1. The van der Waals surface area contributed by atoms with Crippen LogP contribution in [0.4, 0.5) is 0 Å². The molecule has 3 nitrogen and oxygen atoms in total. The van der Waals surface area contributed by atoms with Crippen molar-refractivity contribution in [3.8, 4) is 0 Å². The van der Waals surface area contributed by atoms with Crippen molar-refractivity contribution in [3.05, 3.63) is 34.9 Å². The number of benzene rings is 1. The first-order chi connectivity index (χ1) is 7.72. The van der Waals surface area contributed by atoms with Crippen molar-refractivity contribution in [2.45, 2.75) is 18.9 Å². The summed E-state index contributed by atoms with van der Waals surface area (Å²) in [4.78, 5) is 13.5. The molecule has 1 unspecified atom stereocenters. The highest BCUT2D eigenvalue weighted by molar-refractivity contribution is 6.30. The van der Waals surface area contributed by atoms with Crippen molar-refractivity contribution >= 4 is 29.9 Å². The van der Waals surface area contributed by atoms with E-state index in [1.807, 2.05) is 29.2 Å². The molecule has 1 aromatic carbocycles. The van der Waals surface area contributed by atoms with Crippen LogP contribution in [0.25, 0.3) is 0 Å². The summed E-state index contributed by atoms with van der Waals surface area (Å²) in [5.74, 6) is 0.0254. The Kier molecular flexibility index (Phi) is 5.25. The van der Waals surface area contributed by atoms with E-state index in [1.54, 1.807) is 0 Å². The summed E-state index contributed by atoms with van der Waals surface area (Å²) in [5.41, 5.74) is 6.55. The highest BCUT2D eigenvalue weighted by atomic mass is 35.5. The van der Waals surface area contributed by atoms with Crippen molar-refractivity contribution in [3.63, 3.8) is 0 Å². The van der Waals surface area contributed by atoms with Crippen LogP contribution in [-0.4, -0.2) is 23.9 Å². The summed E-state index contributed by atoms with van der Waals surface area (Å²) in [6.45, 7) is 0.896. The van der Waals surface area contributed by atoms with E-state index in [0.29, 0.717) is 0 Å². The molecule has 0 aliphatic carbocycles. The molecule has 0 bridgehead atoms. The SMILES string of the molecule is Cl.NCC(=O)N1CCCC1c1ccc(Cl)cc1. The lowest BCUT2D eigenvalue weighted by molar-refractivity contribution is -0.130. The van der Waals surface area contributed by atoms with Gasteiger partial charge >= 0.3 is 0 Å². The quantitative estimate of drug-likeness (QED) is 0.900. The van der Waals surface area contributed by atoms with Gasteiger partial charge in [-0.3, -0.25) is 4.79 Å². The van der Waals surface area contributed by atoms with Crippen LogP contribution in [0.15, 0.2) is 24.3 Å². The predicted octanol–water partition coefficient (Wildman–Crippen LogP) is 2.38. The fraction of sp³-hybridized carbons (Fsp3) is 0.417. The molecule has 1 heterocycles. The summed E-state index contributed by atoms with van der Waals surface area (Å²) in [5, 5.41) is 0.721. The second-order valence-corrected chi connectivity index (χ2v) is 4.44. The Morgan fingerprint density at radius 2 is 2.06 bits per heavy atom. The van der Waals surface area contributed by atoms with Gasteiger partial charge < -0.3 is 10.6 Å². The second-order valence-electron chi connectivity index (χ2n) is 4.00. The van der Waals surface area contributed by atoms with Crippen LogP contribution in [0.5, 0.6) is 0 Å². The minimum absolute atomic E-state index is 0. The first-order valence-corrected chi connectivity index (χ1v) is 5.85. The Morgan fingerprint density at radius 3 is 2.65 bits per heavy atom. The number of amides is 1. The number of nitrogens with zero attached hydrogens (tertiary/aromatic N) is 1. The standard InChI is InChI=1S/C12H15ClN2O.ClH/c13-10-5-3-9(4-6-10)11-2-1-7-15(11)12(16)8-14;/h3-6,11H,1-2,7-8,14H2;1H. The molecule has 0 aromatic heterocycles. The van der Waals surface area contributed by atoms with Crippen molar-refractivity contribution < 1.29 is 4.79 Å². The third-order valence-electron chi connectivity index (χ3n) is 3.00. The lowest BCUT2D eigenvalue weighted by Crippen LogP contribution is -2.35. The van der Waals surface area contributed by atoms with Crippen LogP contribution in [0.1, 0.15) is 24.4 Å². The van der Waals surface area contributed by atoms with Crippen LogP contribution >= 0.6 is 24.0 Å². The predicted molar refractivity (Wildman–Crippen MR) is 71.4 cm³/mol. The summed E-state index contributed by atoms with van der Waals surface area (Å²) >= 11 is 5.84. The molecule has 5 heteroatoms. The van der Waals surface area contributed by atoms with E-state index in [-0.39, 0.29) is 30.9 Å². The molecule has 94 valence electrons. The summed E-state index contributed by atoms with van der Waals surface area (Å²) < 4.78 is 0. The van der Waals surface area contributed by atoms with Crippen molar-refractivity contribution in [2.24, 2.45) is 5.73 Å². The fourth-order valence-electron chi connectivity index (χ4n) is 2.21. The molecule has 0 radical (unpaired) electrons. The average molecular weight is 275 g/mol. The zero-order valence-electron chi connectivity index (χ0n) is 9.43. The van der Waals surface area contributed by atoms with Crippen molar-refractivity contribution in [1.29, 1.82) is 0 Å². The highest BCUT2D eigenvalue weighted by Crippen LogP contribution is 2.32. The Hall–Kier alpha value is -0.770. The van der Waals surface area contributed by atoms with Gasteiger partial charge in [-0.05, 0) is 30.5 Å². The van der Waals surface area contributed by atoms with Crippen LogP contribution in [0, 0.1) is 0 Å². The van der Waals surface area contributed by atoms with E-state index in [4.69, 9.17) is 17.3 Å². The number of hydrogen-bond acceptors (Lipinski definition) is 2. The van der Waals surface area contributed by atoms with Gasteiger partial charge in [0.15, 0.2) is 0 Å². The molecule has 1 amide bonds. The molecule has 17 heavy (non-hydrogen) atoms. The van der Waals surface area contributed by atoms with E-state index in [1.165, 1.54) is 0 Å². The number of carbonyl (C=O) groups excluding carboxylic acids is 1. The second kappa shape index (κ2) is 6.24. The minimum Gasteiger partial charge on any atom is -0.335 e. The smallest absolute Gasteiger partial charge is 0.236 e. The number of halogens is 2. The van der Waals surface area contributed by atoms with Gasteiger partial charge in [-0.2, -0.15) is 0 Å². The van der Waals surface area contributed by atoms with Crippen LogP contribution in [0.2, 0.25) is 5.02 Å². The lowest BCUT2D eigenvalue weighted by Gasteiger charge is -2.24. The first-order valence-electron chi connectivity index (χ1n) is 5.47. The Morgan fingerprint density at radius 1 is 1.41 bits per heavy atom. The van der Waals surface area contributed by atoms with Gasteiger partial charge in [-0.1, -0.05) is 23.7 Å². The maximum Gasteiger partial charge on any atom is 0.236 e. The van der Waals surface area contributed by atoms with Gasteiger partial charge in [0.05, 0.1) is 12.6 Å². The highest BCUT2D eigenvalue weighted by Gasteiger charge is 2.28. The molecule has 1 aliphatic heterocycles. The van der Waals surface area contributed by atoms with Gasteiger partial charge in [-0.25, -0.2) is 0 Å². The van der Waals surface area contributed by atoms with Gasteiger partial charge in [0.25, 0.3) is 0 Å². The molecule has 2 rings (SSSR count). The lowest BCUT2D eigenvalue weighted by atomic mass is 10.0. The molecule has 1 fully saturated rings. The third-order valence-corrected chi connectivity index (χ3v) is 3.25. The molecular weight excluding hydrogens is 259 g/mol. The summed E-state index contributed by atoms with van der Waals surface area (Å²) in [6.07, 6.45) is 2.05. The van der Waals surface area contributed by atoms with Gasteiger partial charge in [0.1, 0.15) is 0 Å². The molecule has 1 aliphatic rings. The largest absolute Gasteiger partial charge is 0.335 e. The van der Waals surface area contributed by atoms with Crippen LogP contribution < -0.4 is 5.73 Å². The van der Waals surface area contributed by atoms with E-state index in [9.17, 15) is 4.79 Å².